The number of hydrazine groups is 2. The fraction of sp³-hybridized carbons (Fsp3) is 0.200. The summed E-state index contributed by atoms with van der Waals surface area (Å²) in [6.45, 7) is 7.94. The van der Waals surface area contributed by atoms with Crippen molar-refractivity contribution in [3.05, 3.63) is 239 Å². The van der Waals surface area contributed by atoms with Crippen molar-refractivity contribution < 1.29 is 206 Å². The minimum atomic E-state index is -4.35. The van der Waals surface area contributed by atoms with Crippen molar-refractivity contribution in [2.45, 2.75) is 73.4 Å². The van der Waals surface area contributed by atoms with Gasteiger partial charge in [-0.3, -0.25) is 31.8 Å². The number of benzene rings is 8. The van der Waals surface area contributed by atoms with Crippen LogP contribution in [0.3, 0.4) is 0 Å². The second kappa shape index (κ2) is 54.0. The first-order valence-corrected chi connectivity index (χ1v) is 30.8. The van der Waals surface area contributed by atoms with E-state index in [0.717, 1.165) is 112 Å². The monoisotopic (exact) mass is 1650 g/mol. The van der Waals surface area contributed by atoms with Crippen LogP contribution in [0.4, 0.5) is 52.7 Å². The molecule has 0 bridgehead atoms. The number of aliphatic imine (C=N–C) groups is 1. The Morgan fingerprint density at radius 3 is 1.08 bits per heavy atom. The number of carbonyl (C=O) groups is 3. The summed E-state index contributed by atoms with van der Waals surface area (Å²) < 4.78 is 179. The van der Waals surface area contributed by atoms with E-state index in [0.29, 0.717) is 39.1 Å². The van der Waals surface area contributed by atoms with E-state index in [-0.39, 0.29) is 145 Å². The predicted octanol–water partition coefficient (Wildman–Crippen LogP) is 11.6. The van der Waals surface area contributed by atoms with Gasteiger partial charge in [-0.05, 0) is 163 Å². The van der Waals surface area contributed by atoms with Crippen molar-refractivity contribution in [2.75, 3.05) is 19.0 Å². The zero-order valence-electron chi connectivity index (χ0n) is 61.4. The van der Waals surface area contributed by atoms with Gasteiger partial charge >= 0.3 is 133 Å². The van der Waals surface area contributed by atoms with Gasteiger partial charge in [-0.25, -0.2) is 15.6 Å². The number of halogens is 14. The number of rotatable bonds is 12. The number of aromatic amines is 1. The number of amides is 1. The third kappa shape index (κ3) is 35.2. The standard InChI is InChI=1S/C17H14F3N3S.C17H14F3N3.C15H11F3O2.C14H11F3N2O.C3H5NS.CH2Cl2.CH2O3.2CH4.2K.H4N2.2H2O.4H2.H/c1-2-23-15(21-22-16(23)24)13-5-3-11(4-6-13)12-7-9-14(10-8-12)17(18,19)20;1-2-23-11-21-22-16(23)14-5-3-12(4-6-14)13-7-9-15(10-8-13)17(18,19)20;1-20-14(19)12-4-2-10(3-5-12)11-6-8-13(9-7-11)15(16,17)18;15-14(16,17)12-7-5-10(6-8-12)9-1-3-11(4-2-9)13(20)19-18;1-2-4-3-5;2-1-3;2-1-4-3;;;;;1-2;;;;;;;/h3-10H,2H2,1H3,(H,22,24);3-11H,2H2,1H3;2-9H,1H3;1-8H,18H2,(H,19,20);2H2,1H3;1H2;1,3H;2*1H4;;;1-2H2;2*1H2;4*1H;/q;;;;;;;;;2*+1;;;;;;;;-1/p-1/i;;;;;;;;;;;;;;2*1+1D;2*1+1;. The number of H-pyrrole nitrogens is 1. The molecule has 12 N–H and O–H groups in total. The average Bonchev–Trinajstić information content (AvgIpc) is 1.81. The van der Waals surface area contributed by atoms with Crippen molar-refractivity contribution in [2.24, 2.45) is 22.5 Å². The molecule has 1 amide bonds. The van der Waals surface area contributed by atoms with Gasteiger partial charge in [-0.2, -0.15) is 57.8 Å². The molecule has 0 saturated carbocycles. The number of aromatic nitrogens is 6. The second-order valence-corrected chi connectivity index (χ2v) is 20.8. The van der Waals surface area contributed by atoms with E-state index < -0.39 is 58.8 Å². The van der Waals surface area contributed by atoms with Crippen molar-refractivity contribution >= 4 is 71.1 Å². The number of ether oxygens (including phenoxy) is 1. The van der Waals surface area contributed by atoms with Crippen LogP contribution in [0.25, 0.3) is 67.3 Å². The van der Waals surface area contributed by atoms with Crippen LogP contribution in [0.15, 0.2) is 205 Å². The molecule has 107 heavy (non-hydrogen) atoms. The Morgan fingerprint density at radius 1 is 0.579 bits per heavy atom. The van der Waals surface area contributed by atoms with Gasteiger partial charge < -0.3 is 36.4 Å². The number of hydrogen-bond donors (Lipinski definition) is 5. The summed E-state index contributed by atoms with van der Waals surface area (Å²) in [5, 5.41) is 25.8. The number of hydrogen-bond acceptors (Lipinski definition) is 15. The van der Waals surface area contributed by atoms with Gasteiger partial charge in [0.2, 0.25) is 0 Å². The predicted molar refractivity (Wildman–Crippen MR) is 395 cm³/mol. The molecule has 10 aromatic rings. The van der Waals surface area contributed by atoms with Gasteiger partial charge in [0.25, 0.3) is 12.4 Å². The number of carbonyl (C=O) groups excluding carboxylic acids is 3. The normalized spacial score (nSPS) is 10.1. The number of thiocarbonyl (C=S) groups is 1. The molecule has 0 aliphatic rings. The smallest absolute Gasteiger partial charge is 1.00 e. The fourth-order valence-electron chi connectivity index (χ4n) is 8.45. The number of esters is 1. The van der Waals surface area contributed by atoms with Crippen LogP contribution in [0.2, 0.25) is 0 Å². The number of isothiocyanates is 1. The van der Waals surface area contributed by atoms with E-state index in [1.165, 1.54) is 55.6 Å². The van der Waals surface area contributed by atoms with Crippen molar-refractivity contribution in [1.82, 2.24) is 35.0 Å². The fourth-order valence-corrected chi connectivity index (χ4v) is 8.84. The summed E-state index contributed by atoms with van der Waals surface area (Å²) in [6.07, 6.45) is -15.7. The average molecular weight is 1650 g/mol. The van der Waals surface area contributed by atoms with Crippen molar-refractivity contribution in [3.8, 4) is 67.3 Å². The van der Waals surface area contributed by atoms with Crippen LogP contribution in [-0.2, 0) is 52.2 Å². The maximum atomic E-state index is 12.6. The van der Waals surface area contributed by atoms with E-state index in [9.17, 15) is 62.3 Å². The van der Waals surface area contributed by atoms with Gasteiger partial charge in [0.15, 0.2) is 16.4 Å². The molecule has 2 aromatic heterocycles. The Labute approximate surface area is 725 Å². The molecule has 0 unspecified atom stereocenters. The Hall–Kier alpha value is -6.76. The van der Waals surface area contributed by atoms with E-state index >= 15 is 0 Å². The number of aryl methyl sites for hydroxylation is 1. The molecule has 8 aromatic carbocycles. The van der Waals surface area contributed by atoms with E-state index in [1.807, 2.05) is 83.9 Å². The number of nitrogens with zero attached hydrogens (tertiary/aromatic N) is 6. The number of alkyl halides is 14. The van der Waals surface area contributed by atoms with Crippen LogP contribution in [0.5, 0.6) is 0 Å². The molecular formula is C70H83Cl2F12K2N11O8S2. The van der Waals surface area contributed by atoms with E-state index in [2.05, 4.69) is 64.1 Å². The minimum absolute atomic E-state index is 0. The third-order valence-corrected chi connectivity index (χ3v) is 13.8. The Balaban J connectivity index is -0.000000168. The molecule has 0 fully saturated rings. The first-order valence-electron chi connectivity index (χ1n) is 30.9. The number of nitrogen functional groups attached to an aromatic ring is 1. The van der Waals surface area contributed by atoms with Crippen molar-refractivity contribution in [1.29, 1.82) is 0 Å². The molecule has 19 nitrogen and oxygen atoms in total. The molecule has 0 spiro atoms. The number of nitrogens with one attached hydrogen (secondary N) is 2. The van der Waals surface area contributed by atoms with Crippen LogP contribution in [-0.4, -0.2) is 83.0 Å². The molecule has 0 atom stereocenters. The maximum Gasteiger partial charge on any atom is 1.00 e. The summed E-state index contributed by atoms with van der Waals surface area (Å²) in [4.78, 5) is 37.3. The summed E-state index contributed by atoms with van der Waals surface area (Å²) >= 11 is 18.9. The number of nitrogens with two attached hydrogens (primary N) is 3. The molecular weight excluding hydrogens is 1560 g/mol. The molecule has 0 radical (unpaired) electrons. The Bertz CT molecular complexity index is 4170. The first-order chi connectivity index (χ1) is 50.0. The molecule has 0 saturated heterocycles. The molecule has 0 aliphatic carbocycles. The number of methoxy groups -OCH3 is 1. The molecule has 0 aliphatic heterocycles. The zero-order valence-corrected chi connectivity index (χ0v) is 65.8. The molecule has 37 heteroatoms. The summed E-state index contributed by atoms with van der Waals surface area (Å²) in [5.41, 5.74) is 7.78. The Morgan fingerprint density at radius 2 is 0.850 bits per heavy atom. The van der Waals surface area contributed by atoms with Gasteiger partial charge in [-0.1, -0.05) is 136 Å². The first kappa shape index (κ1) is 102. The van der Waals surface area contributed by atoms with Crippen LogP contribution in [0, 0.1) is 4.77 Å². The quantitative estimate of drug-likeness (QED) is 0.00649. The Kier molecular flexibility index (Phi) is 51.6. The van der Waals surface area contributed by atoms with Crippen LogP contribution >= 0.6 is 47.6 Å². The summed E-state index contributed by atoms with van der Waals surface area (Å²) in [6, 6.07) is 47.8. The van der Waals surface area contributed by atoms with E-state index in [1.54, 1.807) is 54.9 Å². The van der Waals surface area contributed by atoms with Gasteiger partial charge in [0.1, 0.15) is 6.33 Å². The zero-order chi connectivity index (χ0) is 79.5. The second-order valence-electron chi connectivity index (χ2n) is 19.5. The third-order valence-electron chi connectivity index (χ3n) is 13.3. The SMILES string of the molecule is C.C.CCN=C=S.CCn1c(-c2ccc(-c3ccc(C(F)(F)F)cc3)cc2)n[nH]c1=S.CCn1cnnc1-c1ccc(-c2ccc(C(F)(F)F)cc2)cc1.COC(=O)c1ccc(-c2ccc(C(F)(F)F)cc2)cc1.ClCCl.NN.NNC(=O)c1ccc(-c2ccc(C(F)(F)F)cc2)cc1.O.O.O=CO[O-].[2HH].[2HH].[2H][2H].[2H][2H].[H-].[K+].[K+]. The minimum Gasteiger partial charge on any atom is -1.00 e. The molecule has 2 heterocycles. The van der Waals surface area contributed by atoms with Gasteiger partial charge in [-0.15, -0.1) is 33.4 Å². The topological polar surface area (TPSA) is 323 Å². The van der Waals surface area contributed by atoms with Crippen molar-refractivity contribution in [3.63, 3.8) is 0 Å². The molecule has 578 valence electrons. The van der Waals surface area contributed by atoms with E-state index in [4.69, 9.17) is 57.3 Å². The summed E-state index contributed by atoms with van der Waals surface area (Å²) in [5.74, 6) is 13.6. The van der Waals surface area contributed by atoms with Gasteiger partial charge in [0.05, 0.1) is 45.4 Å². The summed E-state index contributed by atoms with van der Waals surface area (Å²) in [7, 11) is 1.28. The molecule has 10 rings (SSSR count). The maximum absolute atomic E-state index is 12.6. The van der Waals surface area contributed by atoms with Crippen LogP contribution in [0.1, 0.15) is 88.8 Å². The van der Waals surface area contributed by atoms with Gasteiger partial charge in [0, 0.05) is 45.1 Å². The van der Waals surface area contributed by atoms with Crippen LogP contribution < -0.4 is 131 Å². The largest absolute Gasteiger partial charge is 1.00 e.